The highest BCUT2D eigenvalue weighted by Crippen LogP contribution is 2.36. The summed E-state index contributed by atoms with van der Waals surface area (Å²) < 4.78 is 0. The fourth-order valence-corrected chi connectivity index (χ4v) is 5.51. The molecule has 7 nitrogen and oxygen atoms in total. The molecule has 3 aromatic rings. The number of pyridine rings is 2. The second-order valence-corrected chi connectivity index (χ2v) is 9.99. The van der Waals surface area contributed by atoms with Crippen molar-refractivity contribution >= 4 is 17.6 Å². The van der Waals surface area contributed by atoms with Gasteiger partial charge in [0.25, 0.3) is 5.91 Å². The van der Waals surface area contributed by atoms with E-state index in [4.69, 9.17) is 0 Å². The van der Waals surface area contributed by atoms with Crippen LogP contribution in [0.3, 0.4) is 0 Å². The molecule has 2 aliphatic rings. The third-order valence-corrected chi connectivity index (χ3v) is 7.16. The number of fused-ring (bicyclic) bond motifs is 1. The summed E-state index contributed by atoms with van der Waals surface area (Å²) in [5.74, 6) is -0.440. The van der Waals surface area contributed by atoms with Crippen molar-refractivity contribution in [3.63, 3.8) is 0 Å². The van der Waals surface area contributed by atoms with Crippen molar-refractivity contribution in [1.29, 1.82) is 0 Å². The highest BCUT2D eigenvalue weighted by molar-refractivity contribution is 6.02. The van der Waals surface area contributed by atoms with Crippen LogP contribution >= 0.6 is 0 Å². The second-order valence-electron chi connectivity index (χ2n) is 9.99. The molecule has 0 spiro atoms. The summed E-state index contributed by atoms with van der Waals surface area (Å²) in [6.07, 6.45) is 6.35. The smallest absolute Gasteiger partial charge is 0.273 e. The van der Waals surface area contributed by atoms with Crippen LogP contribution in [0.25, 0.3) is 11.1 Å². The number of Topliss-reactive ketones (excluding diaryl/α,β-unsaturated/α-hetero) is 1. The van der Waals surface area contributed by atoms with Crippen LogP contribution < -0.4 is 0 Å². The second kappa shape index (κ2) is 10.0. The largest absolute Gasteiger partial charge is 0.330 e. The lowest BCUT2D eigenvalue weighted by atomic mass is 9.87. The van der Waals surface area contributed by atoms with Crippen LogP contribution in [0.15, 0.2) is 73.2 Å². The lowest BCUT2D eigenvalue weighted by Crippen LogP contribution is -2.45. The molecule has 2 aliphatic heterocycles. The number of ketones is 1. The summed E-state index contributed by atoms with van der Waals surface area (Å²) >= 11 is 0. The van der Waals surface area contributed by atoms with Crippen LogP contribution in [-0.4, -0.2) is 62.5 Å². The topological polar surface area (TPSA) is 83.5 Å². The Kier molecular flexibility index (Phi) is 6.63. The number of nitrogens with zero attached hydrogens (tertiary/aromatic N) is 4. The van der Waals surface area contributed by atoms with Gasteiger partial charge in [-0.3, -0.25) is 24.4 Å². The molecule has 3 atom stereocenters. The molecule has 4 heterocycles. The molecule has 0 bridgehead atoms. The fraction of sp³-hybridized carbons (Fsp3) is 0.345. The Morgan fingerprint density at radius 1 is 0.972 bits per heavy atom. The monoisotopic (exact) mass is 482 g/mol. The lowest BCUT2D eigenvalue weighted by molar-refractivity contribution is -0.138. The number of hydrogen-bond acceptors (Lipinski definition) is 5. The summed E-state index contributed by atoms with van der Waals surface area (Å²) in [4.78, 5) is 51.8. The fourth-order valence-electron chi connectivity index (χ4n) is 5.51. The van der Waals surface area contributed by atoms with E-state index in [2.05, 4.69) is 29.9 Å². The summed E-state index contributed by atoms with van der Waals surface area (Å²) in [6, 6.07) is 16.3. The van der Waals surface area contributed by atoms with Crippen molar-refractivity contribution in [3.8, 4) is 11.1 Å². The summed E-state index contributed by atoms with van der Waals surface area (Å²) in [6.45, 7) is 4.69. The van der Waals surface area contributed by atoms with Crippen molar-refractivity contribution in [2.45, 2.75) is 44.7 Å². The molecule has 2 fully saturated rings. The molecular formula is C29H30N4O3. The maximum Gasteiger partial charge on any atom is 0.273 e. The van der Waals surface area contributed by atoms with E-state index >= 15 is 0 Å². The molecule has 0 aliphatic carbocycles. The van der Waals surface area contributed by atoms with Crippen molar-refractivity contribution in [1.82, 2.24) is 19.8 Å². The zero-order chi connectivity index (χ0) is 25.2. The van der Waals surface area contributed by atoms with E-state index in [1.165, 1.54) is 0 Å². The predicted molar refractivity (Wildman–Crippen MR) is 136 cm³/mol. The Morgan fingerprint density at radius 3 is 2.50 bits per heavy atom. The Balaban J connectivity index is 1.41. The molecule has 184 valence electrons. The molecule has 2 aromatic heterocycles. The standard InChI is InChI=1S/C29H30N4O3/c1-19(2)16-23(22-7-5-6-21(17-22)20-9-13-30-14-10-20)28(35)32-15-11-25-27(32)26(34)18-33(25)29(36)24-8-3-4-12-31-24/h3-10,12-14,17,19,23,25,27H,11,15-16,18H2,1-2H3. The summed E-state index contributed by atoms with van der Waals surface area (Å²) in [5.41, 5.74) is 3.33. The van der Waals surface area contributed by atoms with Gasteiger partial charge in [0.15, 0.2) is 5.78 Å². The first-order chi connectivity index (χ1) is 17.4. The number of carbonyl (C=O) groups is 3. The highest BCUT2D eigenvalue weighted by Gasteiger charge is 2.52. The van der Waals surface area contributed by atoms with Crippen molar-refractivity contribution < 1.29 is 14.4 Å². The van der Waals surface area contributed by atoms with Crippen LogP contribution in [0.5, 0.6) is 0 Å². The van der Waals surface area contributed by atoms with Crippen LogP contribution in [0.4, 0.5) is 0 Å². The zero-order valence-electron chi connectivity index (χ0n) is 20.6. The van der Waals surface area contributed by atoms with Gasteiger partial charge in [-0.05, 0) is 59.7 Å². The van der Waals surface area contributed by atoms with Crippen molar-refractivity contribution in [3.05, 3.63) is 84.4 Å². The number of rotatable bonds is 6. The van der Waals surface area contributed by atoms with Crippen LogP contribution in [-0.2, 0) is 9.59 Å². The van der Waals surface area contributed by atoms with E-state index < -0.39 is 6.04 Å². The lowest BCUT2D eigenvalue weighted by Gasteiger charge is -2.29. The average molecular weight is 483 g/mol. The van der Waals surface area contributed by atoms with E-state index in [-0.39, 0.29) is 36.1 Å². The van der Waals surface area contributed by atoms with Gasteiger partial charge in [-0.1, -0.05) is 44.2 Å². The number of hydrogen-bond donors (Lipinski definition) is 0. The van der Waals surface area contributed by atoms with E-state index in [1.54, 1.807) is 46.6 Å². The predicted octanol–water partition coefficient (Wildman–Crippen LogP) is 3.97. The van der Waals surface area contributed by atoms with Crippen LogP contribution in [0, 0.1) is 5.92 Å². The van der Waals surface area contributed by atoms with Gasteiger partial charge in [0.1, 0.15) is 11.7 Å². The molecule has 3 unspecified atom stereocenters. The van der Waals surface area contributed by atoms with Crippen LogP contribution in [0.2, 0.25) is 0 Å². The third-order valence-electron chi connectivity index (χ3n) is 7.16. The third kappa shape index (κ3) is 4.53. The SMILES string of the molecule is CC(C)CC(C(=O)N1CCC2C1C(=O)CN2C(=O)c1ccccn1)c1cccc(-c2ccncc2)c1. The number of carbonyl (C=O) groups excluding carboxylic acids is 3. The van der Waals surface area contributed by atoms with Gasteiger partial charge in [-0.25, -0.2) is 0 Å². The molecular weight excluding hydrogens is 452 g/mol. The highest BCUT2D eigenvalue weighted by atomic mass is 16.2. The zero-order valence-corrected chi connectivity index (χ0v) is 20.6. The molecule has 2 amide bonds. The van der Waals surface area contributed by atoms with Gasteiger partial charge in [0.05, 0.1) is 18.5 Å². The number of aromatic nitrogens is 2. The van der Waals surface area contributed by atoms with E-state index in [1.807, 2.05) is 30.3 Å². The van der Waals surface area contributed by atoms with Gasteiger partial charge in [-0.2, -0.15) is 0 Å². The minimum Gasteiger partial charge on any atom is -0.330 e. The minimum absolute atomic E-state index is 0.0148. The van der Waals surface area contributed by atoms with Gasteiger partial charge < -0.3 is 9.80 Å². The molecule has 1 aromatic carbocycles. The molecule has 5 rings (SSSR count). The molecule has 0 N–H and O–H groups in total. The van der Waals surface area contributed by atoms with Gasteiger partial charge >= 0.3 is 0 Å². The van der Waals surface area contributed by atoms with Crippen LogP contribution in [0.1, 0.15) is 48.7 Å². The quantitative estimate of drug-likeness (QED) is 0.531. The molecule has 0 radical (unpaired) electrons. The Labute approximate surface area is 211 Å². The van der Waals surface area contributed by atoms with Crippen molar-refractivity contribution in [2.24, 2.45) is 5.92 Å². The Morgan fingerprint density at radius 2 is 1.78 bits per heavy atom. The van der Waals surface area contributed by atoms with E-state index in [9.17, 15) is 14.4 Å². The number of benzene rings is 1. The first-order valence-corrected chi connectivity index (χ1v) is 12.5. The average Bonchev–Trinajstić information content (AvgIpc) is 3.49. The number of likely N-dealkylation sites (tertiary alicyclic amines) is 2. The Bertz CT molecular complexity index is 1260. The molecule has 36 heavy (non-hydrogen) atoms. The van der Waals surface area contributed by atoms with Gasteiger partial charge in [-0.15, -0.1) is 0 Å². The summed E-state index contributed by atoms with van der Waals surface area (Å²) in [7, 11) is 0. The first kappa shape index (κ1) is 23.9. The van der Waals surface area contributed by atoms with E-state index in [0.29, 0.717) is 31.0 Å². The van der Waals surface area contributed by atoms with E-state index in [0.717, 1.165) is 16.7 Å². The molecule has 2 saturated heterocycles. The first-order valence-electron chi connectivity index (χ1n) is 12.5. The van der Waals surface area contributed by atoms with Gasteiger partial charge in [0, 0.05) is 25.1 Å². The normalized spacial score (nSPS) is 20.0. The van der Waals surface area contributed by atoms with Crippen molar-refractivity contribution in [2.75, 3.05) is 13.1 Å². The minimum atomic E-state index is -0.594. The van der Waals surface area contributed by atoms with Gasteiger partial charge in [0.2, 0.25) is 5.91 Å². The maximum absolute atomic E-state index is 14.0. The maximum atomic E-state index is 14.0. The number of amides is 2. The summed E-state index contributed by atoms with van der Waals surface area (Å²) in [5, 5.41) is 0. The molecule has 7 heteroatoms. The Hall–Kier alpha value is -3.87. The molecule has 0 saturated carbocycles.